The van der Waals surface area contributed by atoms with Crippen LogP contribution in [-0.4, -0.2) is 22.6 Å². The van der Waals surface area contributed by atoms with Crippen LogP contribution in [0.15, 0.2) is 23.3 Å². The maximum absolute atomic E-state index is 13.0. The molecule has 0 aromatic rings. The third kappa shape index (κ3) is 2.64. The number of carboxylic acids is 1. The van der Waals surface area contributed by atoms with Crippen molar-refractivity contribution in [2.24, 2.45) is 44.3 Å². The minimum absolute atomic E-state index is 0.0153. The van der Waals surface area contributed by atoms with Gasteiger partial charge in [-0.3, -0.25) is 14.4 Å². The van der Waals surface area contributed by atoms with Crippen LogP contribution < -0.4 is 0 Å². The van der Waals surface area contributed by atoms with Crippen LogP contribution in [0.25, 0.3) is 0 Å². The van der Waals surface area contributed by atoms with Crippen LogP contribution in [0, 0.1) is 44.3 Å². The summed E-state index contributed by atoms with van der Waals surface area (Å²) < 4.78 is 0. The number of carbonyl (C=O) groups is 3. The Balaban J connectivity index is 1.67. The van der Waals surface area contributed by atoms with Crippen molar-refractivity contribution in [1.82, 2.24) is 0 Å². The molecule has 5 aliphatic rings. The average Bonchev–Trinajstić information content (AvgIpc) is 2.72. The molecular weight excluding hydrogens is 424 g/mol. The lowest BCUT2D eigenvalue weighted by Gasteiger charge is -2.67. The maximum atomic E-state index is 13.0. The first kappa shape index (κ1) is 24.0. The zero-order chi connectivity index (χ0) is 25.1. The summed E-state index contributed by atoms with van der Waals surface area (Å²) in [5.41, 5.74) is 0.770. The van der Waals surface area contributed by atoms with Gasteiger partial charge in [0.2, 0.25) is 0 Å². The molecule has 186 valence electrons. The van der Waals surface area contributed by atoms with Crippen LogP contribution in [0.2, 0.25) is 0 Å². The molecular formula is C30H42O4. The average molecular weight is 467 g/mol. The quantitative estimate of drug-likeness (QED) is 0.476. The number of carbonyl (C=O) groups excluding carboxylic acids is 2. The lowest BCUT2D eigenvalue weighted by molar-refractivity contribution is -0.168. The van der Waals surface area contributed by atoms with Crippen LogP contribution in [0.3, 0.4) is 0 Å². The normalized spacial score (nSPS) is 46.8. The molecule has 0 bridgehead atoms. The Morgan fingerprint density at radius 2 is 1.56 bits per heavy atom. The molecule has 6 atom stereocenters. The Morgan fingerprint density at radius 3 is 2.21 bits per heavy atom. The highest BCUT2D eigenvalue weighted by molar-refractivity contribution is 5.92. The molecule has 4 heteroatoms. The summed E-state index contributed by atoms with van der Waals surface area (Å²) in [6, 6.07) is 0. The number of rotatable bonds is 1. The number of carboxylic acid groups (broad SMARTS) is 1. The van der Waals surface area contributed by atoms with Gasteiger partial charge in [-0.2, -0.15) is 0 Å². The van der Waals surface area contributed by atoms with Crippen LogP contribution in [-0.2, 0) is 14.4 Å². The highest BCUT2D eigenvalue weighted by atomic mass is 16.4. The number of ketones is 2. The number of fused-ring (bicyclic) bond motifs is 7. The Labute approximate surface area is 204 Å². The van der Waals surface area contributed by atoms with Gasteiger partial charge in [0, 0.05) is 23.7 Å². The van der Waals surface area contributed by atoms with Crippen LogP contribution in [0.5, 0.6) is 0 Å². The lowest BCUT2D eigenvalue weighted by atomic mass is 9.36. The second-order valence-corrected chi connectivity index (χ2v) is 14.2. The first-order valence-electron chi connectivity index (χ1n) is 13.3. The third-order valence-electron chi connectivity index (χ3n) is 12.1. The number of hydrogen-bond acceptors (Lipinski definition) is 3. The molecule has 34 heavy (non-hydrogen) atoms. The molecule has 6 unspecified atom stereocenters. The molecule has 0 amide bonds. The van der Waals surface area contributed by atoms with Crippen molar-refractivity contribution in [1.29, 1.82) is 0 Å². The number of hydrogen-bond donors (Lipinski definition) is 1. The van der Waals surface area contributed by atoms with Gasteiger partial charge in [-0.25, -0.2) is 0 Å². The summed E-state index contributed by atoms with van der Waals surface area (Å²) in [5.74, 6) is -0.0772. The summed E-state index contributed by atoms with van der Waals surface area (Å²) in [5, 5.41) is 10.4. The van der Waals surface area contributed by atoms with E-state index in [4.69, 9.17) is 0 Å². The topological polar surface area (TPSA) is 71.4 Å². The van der Waals surface area contributed by atoms with Crippen molar-refractivity contribution in [3.63, 3.8) is 0 Å². The van der Waals surface area contributed by atoms with Crippen molar-refractivity contribution in [2.45, 2.75) is 99.8 Å². The van der Waals surface area contributed by atoms with E-state index in [1.807, 2.05) is 13.8 Å². The van der Waals surface area contributed by atoms with Gasteiger partial charge in [-0.1, -0.05) is 71.8 Å². The Hall–Kier alpha value is -1.71. The molecule has 0 radical (unpaired) electrons. The molecule has 0 aromatic carbocycles. The predicted octanol–water partition coefficient (Wildman–Crippen LogP) is 6.54. The zero-order valence-electron chi connectivity index (χ0n) is 22.1. The molecule has 0 saturated heterocycles. The zero-order valence-corrected chi connectivity index (χ0v) is 22.1. The molecule has 5 aliphatic carbocycles. The summed E-state index contributed by atoms with van der Waals surface area (Å²) in [4.78, 5) is 38.6. The largest absolute Gasteiger partial charge is 0.481 e. The molecule has 0 aromatic heterocycles. The molecule has 4 saturated carbocycles. The van der Waals surface area contributed by atoms with E-state index in [1.54, 1.807) is 0 Å². The molecule has 0 spiro atoms. The van der Waals surface area contributed by atoms with Crippen LogP contribution >= 0.6 is 0 Å². The van der Waals surface area contributed by atoms with Gasteiger partial charge in [0.05, 0.1) is 5.41 Å². The van der Waals surface area contributed by atoms with E-state index in [9.17, 15) is 19.5 Å². The number of aliphatic carboxylic acids is 1. The minimum atomic E-state index is -0.972. The minimum Gasteiger partial charge on any atom is -0.481 e. The van der Waals surface area contributed by atoms with Crippen molar-refractivity contribution < 1.29 is 19.5 Å². The van der Waals surface area contributed by atoms with E-state index in [2.05, 4.69) is 46.8 Å². The van der Waals surface area contributed by atoms with Gasteiger partial charge in [-0.05, 0) is 66.6 Å². The van der Waals surface area contributed by atoms with Crippen molar-refractivity contribution in [2.75, 3.05) is 0 Å². The molecule has 4 nitrogen and oxygen atoms in total. The van der Waals surface area contributed by atoms with Gasteiger partial charge in [0.15, 0.2) is 0 Å². The summed E-state index contributed by atoms with van der Waals surface area (Å²) in [7, 11) is 0. The van der Waals surface area contributed by atoms with Gasteiger partial charge in [0.1, 0.15) is 11.6 Å². The summed E-state index contributed by atoms with van der Waals surface area (Å²) in [6.07, 6.45) is 10.3. The van der Waals surface area contributed by atoms with E-state index >= 15 is 0 Å². The van der Waals surface area contributed by atoms with E-state index in [0.29, 0.717) is 31.0 Å². The van der Waals surface area contributed by atoms with E-state index in [1.165, 1.54) is 11.1 Å². The highest BCUT2D eigenvalue weighted by Gasteiger charge is 2.68. The number of Topliss-reactive ketones (excluding diaryl/α,β-unsaturated/α-hetero) is 2. The van der Waals surface area contributed by atoms with Gasteiger partial charge in [0.25, 0.3) is 0 Å². The van der Waals surface area contributed by atoms with Gasteiger partial charge >= 0.3 is 5.97 Å². The van der Waals surface area contributed by atoms with Gasteiger partial charge < -0.3 is 5.11 Å². The molecule has 5 rings (SSSR count). The lowest BCUT2D eigenvalue weighted by Crippen LogP contribution is -2.62. The number of allylic oxidation sites excluding steroid dienone is 4. The van der Waals surface area contributed by atoms with Crippen LogP contribution in [0.1, 0.15) is 99.8 Å². The van der Waals surface area contributed by atoms with Crippen molar-refractivity contribution in [3.8, 4) is 0 Å². The van der Waals surface area contributed by atoms with Crippen molar-refractivity contribution >= 4 is 17.5 Å². The first-order chi connectivity index (χ1) is 15.6. The first-order valence-corrected chi connectivity index (χ1v) is 13.3. The maximum Gasteiger partial charge on any atom is 0.310 e. The standard InChI is InChI=1S/C30H42O4/c1-25(2)16-19-18-8-9-21-27(5)12-11-22(31)26(3,4)20(27)10-13-29(21,7)28(18,6)14-15-30(19,24(33)34)17-23(25)32/h8-9,19-20H,10-17H2,1-7H3,(H,33,34). The fraction of sp³-hybridized carbons (Fsp3) is 0.767. The third-order valence-corrected chi connectivity index (χ3v) is 12.1. The second kappa shape index (κ2) is 6.73. The van der Waals surface area contributed by atoms with Crippen molar-refractivity contribution in [3.05, 3.63) is 23.3 Å². The molecule has 4 fully saturated rings. The predicted molar refractivity (Wildman–Crippen MR) is 132 cm³/mol. The van der Waals surface area contributed by atoms with Crippen LogP contribution in [0.4, 0.5) is 0 Å². The Morgan fingerprint density at radius 1 is 0.882 bits per heavy atom. The Kier molecular flexibility index (Phi) is 4.75. The molecule has 0 heterocycles. The molecule has 1 N–H and O–H groups in total. The smallest absolute Gasteiger partial charge is 0.310 e. The fourth-order valence-corrected chi connectivity index (χ4v) is 9.55. The van der Waals surface area contributed by atoms with E-state index < -0.39 is 16.8 Å². The summed E-state index contributed by atoms with van der Waals surface area (Å²) >= 11 is 0. The molecule has 0 aliphatic heterocycles. The monoisotopic (exact) mass is 466 g/mol. The second-order valence-electron chi connectivity index (χ2n) is 14.2. The van der Waals surface area contributed by atoms with E-state index in [0.717, 1.165) is 25.7 Å². The van der Waals surface area contributed by atoms with Gasteiger partial charge in [-0.15, -0.1) is 0 Å². The summed E-state index contributed by atoms with van der Waals surface area (Å²) in [6.45, 7) is 15.5. The van der Waals surface area contributed by atoms with E-state index in [-0.39, 0.29) is 39.8 Å². The highest BCUT2D eigenvalue weighted by Crippen LogP contribution is 2.74. The fourth-order valence-electron chi connectivity index (χ4n) is 9.55. The Bertz CT molecular complexity index is 1060. The SMILES string of the molecule is CC1(C)CC2C3=CC=C4C5(C)CCC(=O)C(C)(C)C5CCC4(C)C3(C)CCC2(C(=O)O)CC1=O.